The Kier molecular flexibility index (Phi) is 4.14. The summed E-state index contributed by atoms with van der Waals surface area (Å²) >= 11 is 5.42. The molecule has 0 radical (unpaired) electrons. The van der Waals surface area contributed by atoms with Crippen LogP contribution in [0.1, 0.15) is 39.2 Å². The molecule has 1 aliphatic heterocycles. The lowest BCUT2D eigenvalue weighted by Crippen LogP contribution is -2.49. The summed E-state index contributed by atoms with van der Waals surface area (Å²) in [6, 6.07) is 6.87. The van der Waals surface area contributed by atoms with Crippen LogP contribution in [0.5, 0.6) is 0 Å². The number of carboxylic acids is 1. The number of benzene rings is 1. The smallest absolute Gasteiger partial charge is 0.327 e. The SMILES string of the molecule is CC(=O)CCC(=S)N1c2ccccc2C(C)(C)C1C(=O)O. The Labute approximate surface area is 129 Å². The van der Waals surface area contributed by atoms with Crippen LogP contribution < -0.4 is 4.90 Å². The Morgan fingerprint density at radius 2 is 1.90 bits per heavy atom. The molecule has 1 unspecified atom stereocenters. The number of nitrogens with zero attached hydrogens (tertiary/aromatic N) is 1. The van der Waals surface area contributed by atoms with E-state index in [0.717, 1.165) is 11.3 Å². The first-order valence-electron chi connectivity index (χ1n) is 6.90. The molecule has 1 aromatic rings. The third kappa shape index (κ3) is 2.70. The van der Waals surface area contributed by atoms with Gasteiger partial charge in [-0.25, -0.2) is 4.79 Å². The molecule has 1 atom stereocenters. The van der Waals surface area contributed by atoms with E-state index in [9.17, 15) is 14.7 Å². The third-order valence-corrected chi connectivity index (χ3v) is 4.39. The van der Waals surface area contributed by atoms with Gasteiger partial charge in [0.1, 0.15) is 11.8 Å². The van der Waals surface area contributed by atoms with Crippen molar-refractivity contribution >= 4 is 34.6 Å². The number of carbonyl (C=O) groups is 2. The van der Waals surface area contributed by atoms with Crippen LogP contribution in [-0.2, 0) is 15.0 Å². The van der Waals surface area contributed by atoms with Gasteiger partial charge in [-0.15, -0.1) is 0 Å². The molecule has 0 spiro atoms. The van der Waals surface area contributed by atoms with Crippen molar-refractivity contribution in [3.63, 3.8) is 0 Å². The number of ketones is 1. The van der Waals surface area contributed by atoms with Gasteiger partial charge in [0.2, 0.25) is 0 Å². The van der Waals surface area contributed by atoms with Crippen molar-refractivity contribution in [1.82, 2.24) is 0 Å². The predicted molar refractivity (Wildman–Crippen MR) is 85.9 cm³/mol. The topological polar surface area (TPSA) is 57.6 Å². The maximum atomic E-state index is 11.8. The molecule has 0 bridgehead atoms. The largest absolute Gasteiger partial charge is 0.480 e. The zero-order valence-corrected chi connectivity index (χ0v) is 13.2. The van der Waals surface area contributed by atoms with Crippen molar-refractivity contribution in [2.24, 2.45) is 0 Å². The minimum Gasteiger partial charge on any atom is -0.480 e. The van der Waals surface area contributed by atoms with Crippen molar-refractivity contribution in [3.05, 3.63) is 29.8 Å². The van der Waals surface area contributed by atoms with Gasteiger partial charge < -0.3 is 14.8 Å². The molecule has 1 aliphatic rings. The molecule has 1 heterocycles. The number of anilines is 1. The minimum atomic E-state index is -0.902. The van der Waals surface area contributed by atoms with Crippen LogP contribution >= 0.6 is 12.2 Å². The Hall–Kier alpha value is -1.75. The lowest BCUT2D eigenvalue weighted by molar-refractivity contribution is -0.139. The molecule has 0 aliphatic carbocycles. The van der Waals surface area contributed by atoms with Gasteiger partial charge in [-0.05, 0) is 18.6 Å². The van der Waals surface area contributed by atoms with Gasteiger partial charge in [-0.2, -0.15) is 0 Å². The molecule has 0 aromatic heterocycles. The zero-order chi connectivity index (χ0) is 15.8. The highest BCUT2D eigenvalue weighted by Crippen LogP contribution is 2.45. The summed E-state index contributed by atoms with van der Waals surface area (Å²) in [5.41, 5.74) is 1.27. The number of fused-ring (bicyclic) bond motifs is 1. The van der Waals surface area contributed by atoms with Crippen LogP contribution in [-0.4, -0.2) is 27.9 Å². The van der Waals surface area contributed by atoms with Gasteiger partial charge in [0.25, 0.3) is 0 Å². The first-order chi connectivity index (χ1) is 9.76. The number of rotatable bonds is 4. The molecule has 1 aromatic carbocycles. The molecule has 0 saturated heterocycles. The molecule has 1 N–H and O–H groups in total. The predicted octanol–water partition coefficient (Wildman–Crippen LogP) is 2.93. The Morgan fingerprint density at radius 1 is 1.29 bits per heavy atom. The quantitative estimate of drug-likeness (QED) is 0.867. The van der Waals surface area contributed by atoms with Crippen LogP contribution in [0.25, 0.3) is 0 Å². The summed E-state index contributed by atoms with van der Waals surface area (Å²) in [5, 5.41) is 9.65. The molecule has 0 fully saturated rings. The van der Waals surface area contributed by atoms with Gasteiger partial charge >= 0.3 is 5.97 Å². The van der Waals surface area contributed by atoms with Crippen molar-refractivity contribution < 1.29 is 14.7 Å². The van der Waals surface area contributed by atoms with Crippen LogP contribution in [0.15, 0.2) is 24.3 Å². The molecule has 4 nitrogen and oxygen atoms in total. The average Bonchev–Trinajstić information content (AvgIpc) is 2.65. The van der Waals surface area contributed by atoms with E-state index in [1.54, 1.807) is 4.90 Å². The molecule has 112 valence electrons. The maximum Gasteiger partial charge on any atom is 0.327 e. The van der Waals surface area contributed by atoms with Crippen LogP contribution in [0.4, 0.5) is 5.69 Å². The van der Waals surface area contributed by atoms with E-state index >= 15 is 0 Å². The highest BCUT2D eigenvalue weighted by atomic mass is 32.1. The number of Topliss-reactive ketones (excluding diaryl/α,β-unsaturated/α-hetero) is 1. The van der Waals surface area contributed by atoms with Gasteiger partial charge in [0.05, 0.1) is 4.99 Å². The monoisotopic (exact) mass is 305 g/mol. The fourth-order valence-corrected chi connectivity index (χ4v) is 3.24. The first kappa shape index (κ1) is 15.6. The Balaban J connectivity index is 2.44. The molecule has 0 saturated carbocycles. The van der Waals surface area contributed by atoms with Gasteiger partial charge in [-0.3, -0.25) is 0 Å². The normalized spacial score (nSPS) is 19.2. The van der Waals surface area contributed by atoms with Crippen molar-refractivity contribution in [2.75, 3.05) is 4.90 Å². The summed E-state index contributed by atoms with van der Waals surface area (Å²) in [7, 11) is 0. The van der Waals surface area contributed by atoms with E-state index in [1.807, 2.05) is 38.1 Å². The Morgan fingerprint density at radius 3 is 2.48 bits per heavy atom. The minimum absolute atomic E-state index is 0.0518. The molecule has 0 amide bonds. The van der Waals surface area contributed by atoms with E-state index in [-0.39, 0.29) is 5.78 Å². The number of hydrogen-bond acceptors (Lipinski definition) is 3. The number of carboxylic acid groups (broad SMARTS) is 1. The highest BCUT2D eigenvalue weighted by Gasteiger charge is 2.49. The van der Waals surface area contributed by atoms with E-state index in [0.29, 0.717) is 17.8 Å². The summed E-state index contributed by atoms with van der Waals surface area (Å²) in [6.45, 7) is 5.34. The molecule has 5 heteroatoms. The lowest BCUT2D eigenvalue weighted by Gasteiger charge is -2.31. The highest BCUT2D eigenvalue weighted by molar-refractivity contribution is 7.80. The summed E-state index contributed by atoms with van der Waals surface area (Å²) in [6.07, 6.45) is 0.739. The summed E-state index contributed by atoms with van der Waals surface area (Å²) < 4.78 is 0. The number of carbonyl (C=O) groups excluding carboxylic acids is 1. The summed E-state index contributed by atoms with van der Waals surface area (Å²) in [4.78, 5) is 25.1. The van der Waals surface area contributed by atoms with E-state index in [1.165, 1.54) is 6.92 Å². The fraction of sp³-hybridized carbons (Fsp3) is 0.438. The number of thiocarbonyl (C=S) groups is 1. The first-order valence-corrected chi connectivity index (χ1v) is 7.31. The van der Waals surface area contributed by atoms with Crippen LogP contribution in [0.3, 0.4) is 0 Å². The zero-order valence-electron chi connectivity index (χ0n) is 12.4. The van der Waals surface area contributed by atoms with E-state index in [4.69, 9.17) is 12.2 Å². The second-order valence-corrected chi connectivity index (χ2v) is 6.42. The molecular formula is C16H19NO3S. The maximum absolute atomic E-state index is 11.8. The molecular weight excluding hydrogens is 286 g/mol. The van der Waals surface area contributed by atoms with E-state index in [2.05, 4.69) is 0 Å². The molecule has 21 heavy (non-hydrogen) atoms. The van der Waals surface area contributed by atoms with Gasteiger partial charge in [0, 0.05) is 23.9 Å². The second-order valence-electron chi connectivity index (χ2n) is 5.95. The van der Waals surface area contributed by atoms with Crippen molar-refractivity contribution in [3.8, 4) is 0 Å². The summed E-state index contributed by atoms with van der Waals surface area (Å²) in [5.74, 6) is -0.850. The average molecular weight is 305 g/mol. The van der Waals surface area contributed by atoms with Gasteiger partial charge in [-0.1, -0.05) is 44.3 Å². The van der Waals surface area contributed by atoms with Crippen LogP contribution in [0.2, 0.25) is 0 Å². The standard InChI is InChI=1S/C16H19NO3S/c1-10(18)8-9-13(21)17-12-7-5-4-6-11(12)16(2,3)14(17)15(19)20/h4-7,14H,8-9H2,1-3H3,(H,19,20). The Bertz CT molecular complexity index is 609. The second kappa shape index (κ2) is 5.56. The number of aliphatic carboxylic acids is 1. The van der Waals surface area contributed by atoms with Crippen molar-refractivity contribution in [1.29, 1.82) is 0 Å². The van der Waals surface area contributed by atoms with E-state index < -0.39 is 17.4 Å². The van der Waals surface area contributed by atoms with Gasteiger partial charge in [0.15, 0.2) is 0 Å². The lowest BCUT2D eigenvalue weighted by atomic mass is 9.80. The number of hydrogen-bond donors (Lipinski definition) is 1. The number of para-hydroxylation sites is 1. The van der Waals surface area contributed by atoms with Crippen LogP contribution in [0, 0.1) is 0 Å². The third-order valence-electron chi connectivity index (χ3n) is 3.99. The molecule has 2 rings (SSSR count). The van der Waals surface area contributed by atoms with Crippen molar-refractivity contribution in [2.45, 2.75) is 45.1 Å². The fourth-order valence-electron chi connectivity index (χ4n) is 2.94.